The molecule has 1 aromatic carbocycles. The molecule has 0 saturated heterocycles. The summed E-state index contributed by atoms with van der Waals surface area (Å²) in [6.07, 6.45) is 5.65. The molecular formula is C17H22ClN3. The summed E-state index contributed by atoms with van der Waals surface area (Å²) in [4.78, 5) is 6.35. The van der Waals surface area contributed by atoms with Gasteiger partial charge in [-0.2, -0.15) is 0 Å². The topological polar surface area (TPSA) is 42.2 Å². The number of nitrogens with two attached hydrogens (primary N) is 1. The highest BCUT2D eigenvalue weighted by molar-refractivity contribution is 6.30. The van der Waals surface area contributed by atoms with Gasteiger partial charge in [-0.15, -0.1) is 0 Å². The van der Waals surface area contributed by atoms with Crippen LogP contribution in [0.15, 0.2) is 48.8 Å². The van der Waals surface area contributed by atoms with Crippen LogP contribution in [0.4, 0.5) is 0 Å². The first-order valence-corrected chi connectivity index (χ1v) is 7.61. The fourth-order valence-electron chi connectivity index (χ4n) is 2.22. The SMILES string of the molecule is CN(CCc1ccncc1)CCC(N)c1ccc(Cl)cc1. The summed E-state index contributed by atoms with van der Waals surface area (Å²) in [7, 11) is 2.13. The van der Waals surface area contributed by atoms with E-state index in [2.05, 4.69) is 29.1 Å². The van der Waals surface area contributed by atoms with Crippen molar-refractivity contribution in [2.24, 2.45) is 5.73 Å². The summed E-state index contributed by atoms with van der Waals surface area (Å²) in [6.45, 7) is 2.01. The van der Waals surface area contributed by atoms with Crippen molar-refractivity contribution in [3.63, 3.8) is 0 Å². The van der Waals surface area contributed by atoms with Crippen LogP contribution in [0.5, 0.6) is 0 Å². The lowest BCUT2D eigenvalue weighted by Gasteiger charge is -2.19. The van der Waals surface area contributed by atoms with Crippen LogP contribution in [0.2, 0.25) is 5.02 Å². The van der Waals surface area contributed by atoms with Gasteiger partial charge in [0, 0.05) is 30.0 Å². The first-order valence-electron chi connectivity index (χ1n) is 7.23. The van der Waals surface area contributed by atoms with E-state index in [1.54, 1.807) is 0 Å². The molecule has 1 unspecified atom stereocenters. The molecule has 4 heteroatoms. The molecule has 0 aliphatic carbocycles. The Bertz CT molecular complexity index is 527. The predicted octanol–water partition coefficient (Wildman–Crippen LogP) is 3.30. The van der Waals surface area contributed by atoms with Crippen LogP contribution >= 0.6 is 11.6 Å². The largest absolute Gasteiger partial charge is 0.324 e. The Morgan fingerprint density at radius 1 is 1.10 bits per heavy atom. The van der Waals surface area contributed by atoms with E-state index >= 15 is 0 Å². The fourth-order valence-corrected chi connectivity index (χ4v) is 2.34. The Morgan fingerprint density at radius 3 is 2.43 bits per heavy atom. The first kappa shape index (κ1) is 16.0. The summed E-state index contributed by atoms with van der Waals surface area (Å²) in [6, 6.07) is 12.0. The van der Waals surface area contributed by atoms with Gasteiger partial charge >= 0.3 is 0 Å². The van der Waals surface area contributed by atoms with E-state index in [1.807, 2.05) is 36.7 Å². The Balaban J connectivity index is 1.73. The molecule has 3 nitrogen and oxygen atoms in total. The van der Waals surface area contributed by atoms with E-state index < -0.39 is 0 Å². The molecule has 21 heavy (non-hydrogen) atoms. The van der Waals surface area contributed by atoms with Crippen molar-refractivity contribution < 1.29 is 0 Å². The van der Waals surface area contributed by atoms with Gasteiger partial charge in [-0.25, -0.2) is 0 Å². The van der Waals surface area contributed by atoms with Crippen LogP contribution in [0.3, 0.4) is 0 Å². The normalized spacial score (nSPS) is 12.6. The number of rotatable bonds is 7. The summed E-state index contributed by atoms with van der Waals surface area (Å²) in [5.74, 6) is 0. The van der Waals surface area contributed by atoms with Crippen LogP contribution in [0, 0.1) is 0 Å². The Hall–Kier alpha value is -1.42. The zero-order chi connectivity index (χ0) is 15.1. The quantitative estimate of drug-likeness (QED) is 0.853. The van der Waals surface area contributed by atoms with Crippen molar-refractivity contribution in [3.8, 4) is 0 Å². The van der Waals surface area contributed by atoms with Crippen molar-refractivity contribution in [2.45, 2.75) is 18.9 Å². The number of aromatic nitrogens is 1. The molecule has 0 saturated carbocycles. The molecule has 0 amide bonds. The smallest absolute Gasteiger partial charge is 0.0406 e. The number of hydrogen-bond acceptors (Lipinski definition) is 3. The zero-order valence-electron chi connectivity index (χ0n) is 12.4. The average Bonchev–Trinajstić information content (AvgIpc) is 2.52. The van der Waals surface area contributed by atoms with Gasteiger partial charge in [0.05, 0.1) is 0 Å². The standard InChI is InChI=1S/C17H22ClN3/c1-21(12-8-14-6-10-20-11-7-14)13-9-17(19)15-2-4-16(18)5-3-15/h2-7,10-11,17H,8-9,12-13,19H2,1H3. The van der Waals surface area contributed by atoms with Gasteiger partial charge in [-0.05, 0) is 61.8 Å². The van der Waals surface area contributed by atoms with Crippen molar-refractivity contribution in [1.29, 1.82) is 0 Å². The van der Waals surface area contributed by atoms with Gasteiger partial charge in [0.1, 0.15) is 0 Å². The molecule has 0 spiro atoms. The Labute approximate surface area is 131 Å². The number of halogens is 1. The lowest BCUT2D eigenvalue weighted by Crippen LogP contribution is -2.25. The molecule has 0 aliphatic rings. The van der Waals surface area contributed by atoms with Gasteiger partial charge in [0.15, 0.2) is 0 Å². The minimum atomic E-state index is 0.0608. The van der Waals surface area contributed by atoms with Crippen molar-refractivity contribution in [1.82, 2.24) is 9.88 Å². The number of hydrogen-bond donors (Lipinski definition) is 1. The highest BCUT2D eigenvalue weighted by atomic mass is 35.5. The monoisotopic (exact) mass is 303 g/mol. The molecule has 0 fully saturated rings. The second kappa shape index (κ2) is 8.13. The van der Waals surface area contributed by atoms with Gasteiger partial charge in [-0.3, -0.25) is 4.98 Å². The third kappa shape index (κ3) is 5.46. The van der Waals surface area contributed by atoms with Crippen LogP contribution in [0.1, 0.15) is 23.6 Å². The number of likely N-dealkylation sites (N-methyl/N-ethyl adjacent to an activating group) is 1. The summed E-state index contributed by atoms with van der Waals surface area (Å²) in [5.41, 5.74) is 8.68. The van der Waals surface area contributed by atoms with Crippen molar-refractivity contribution >= 4 is 11.6 Å². The van der Waals surface area contributed by atoms with E-state index in [9.17, 15) is 0 Å². The minimum absolute atomic E-state index is 0.0608. The van der Waals surface area contributed by atoms with Crippen LogP contribution in [-0.2, 0) is 6.42 Å². The molecule has 2 N–H and O–H groups in total. The zero-order valence-corrected chi connectivity index (χ0v) is 13.1. The Morgan fingerprint density at radius 2 is 1.76 bits per heavy atom. The van der Waals surface area contributed by atoms with E-state index in [0.717, 1.165) is 36.5 Å². The van der Waals surface area contributed by atoms with Crippen LogP contribution in [0.25, 0.3) is 0 Å². The molecule has 0 bridgehead atoms. The van der Waals surface area contributed by atoms with Crippen molar-refractivity contribution in [2.75, 3.05) is 20.1 Å². The molecule has 0 aliphatic heterocycles. The molecule has 112 valence electrons. The second-order valence-corrected chi connectivity index (χ2v) is 5.79. The molecule has 2 rings (SSSR count). The summed E-state index contributed by atoms with van der Waals surface area (Å²) < 4.78 is 0. The fraction of sp³-hybridized carbons (Fsp3) is 0.353. The second-order valence-electron chi connectivity index (χ2n) is 5.36. The molecule has 1 aromatic heterocycles. The summed E-state index contributed by atoms with van der Waals surface area (Å²) >= 11 is 5.89. The maximum atomic E-state index is 6.22. The lowest BCUT2D eigenvalue weighted by molar-refractivity contribution is 0.322. The third-order valence-electron chi connectivity index (χ3n) is 3.65. The number of pyridine rings is 1. The van der Waals surface area contributed by atoms with Gasteiger partial charge in [0.2, 0.25) is 0 Å². The first-order chi connectivity index (χ1) is 10.1. The molecule has 2 aromatic rings. The highest BCUT2D eigenvalue weighted by Gasteiger charge is 2.07. The number of benzene rings is 1. The summed E-state index contributed by atoms with van der Waals surface area (Å²) in [5, 5.41) is 0.750. The Kier molecular flexibility index (Phi) is 6.18. The average molecular weight is 304 g/mol. The van der Waals surface area contributed by atoms with E-state index in [4.69, 9.17) is 17.3 Å². The van der Waals surface area contributed by atoms with E-state index in [1.165, 1.54) is 5.56 Å². The third-order valence-corrected chi connectivity index (χ3v) is 3.90. The minimum Gasteiger partial charge on any atom is -0.324 e. The van der Waals surface area contributed by atoms with Crippen LogP contribution < -0.4 is 5.73 Å². The molecule has 1 heterocycles. The van der Waals surface area contributed by atoms with Gasteiger partial charge in [-0.1, -0.05) is 23.7 Å². The maximum absolute atomic E-state index is 6.22. The van der Waals surface area contributed by atoms with Crippen molar-refractivity contribution in [3.05, 3.63) is 64.9 Å². The number of nitrogens with zero attached hydrogens (tertiary/aromatic N) is 2. The van der Waals surface area contributed by atoms with Crippen LogP contribution in [-0.4, -0.2) is 30.0 Å². The van der Waals surface area contributed by atoms with Gasteiger partial charge < -0.3 is 10.6 Å². The maximum Gasteiger partial charge on any atom is 0.0406 e. The molecule has 1 atom stereocenters. The predicted molar refractivity (Wildman–Crippen MR) is 88.4 cm³/mol. The lowest BCUT2D eigenvalue weighted by atomic mass is 10.0. The van der Waals surface area contributed by atoms with E-state index in [-0.39, 0.29) is 6.04 Å². The van der Waals surface area contributed by atoms with Gasteiger partial charge in [0.25, 0.3) is 0 Å². The molecule has 0 radical (unpaired) electrons. The molecular weight excluding hydrogens is 282 g/mol. The highest BCUT2D eigenvalue weighted by Crippen LogP contribution is 2.17. The van der Waals surface area contributed by atoms with E-state index in [0.29, 0.717) is 0 Å².